The van der Waals surface area contributed by atoms with E-state index in [9.17, 15) is 9.18 Å². The van der Waals surface area contributed by atoms with Crippen LogP contribution in [0.3, 0.4) is 0 Å². The Hall–Kier alpha value is -2.67. The number of rotatable bonds is 2. The van der Waals surface area contributed by atoms with E-state index >= 15 is 0 Å². The van der Waals surface area contributed by atoms with Crippen LogP contribution in [-0.2, 0) is 18.4 Å². The molecule has 1 aromatic heterocycles. The number of carbonyl (C=O) groups is 1. The first-order valence-corrected chi connectivity index (χ1v) is 9.01. The summed E-state index contributed by atoms with van der Waals surface area (Å²) in [5.74, 6) is 0.622. The standard InChI is InChI=1S/C12H9FN2O3.C7H7Br/c13-8-3-1-7(2-4-8)11-14-9-5-15(12(16)17)6-10(9)18-11;8-6-7-4-2-1-3-5-7/h1-4H,5-6H2,(H,16,17);1-5H,6H2. The fraction of sp³-hybridized carbons (Fsp3) is 0.158. The van der Waals surface area contributed by atoms with Gasteiger partial charge in [-0.05, 0) is 29.8 Å². The molecule has 0 saturated heterocycles. The minimum atomic E-state index is -0.994. The molecule has 0 aliphatic carbocycles. The normalized spacial score (nSPS) is 12.3. The Morgan fingerprint density at radius 1 is 1.15 bits per heavy atom. The third-order valence-corrected chi connectivity index (χ3v) is 4.46. The van der Waals surface area contributed by atoms with Crippen molar-refractivity contribution in [2.24, 2.45) is 0 Å². The molecule has 1 aliphatic rings. The lowest BCUT2D eigenvalue weighted by Gasteiger charge is -2.08. The van der Waals surface area contributed by atoms with Gasteiger partial charge in [-0.1, -0.05) is 46.3 Å². The van der Waals surface area contributed by atoms with Crippen LogP contribution in [-0.4, -0.2) is 21.1 Å². The van der Waals surface area contributed by atoms with Crippen LogP contribution in [0.25, 0.3) is 11.5 Å². The molecule has 1 amide bonds. The van der Waals surface area contributed by atoms with Gasteiger partial charge in [0.25, 0.3) is 0 Å². The maximum atomic E-state index is 12.8. The molecule has 3 aromatic rings. The average Bonchev–Trinajstić information content (AvgIpc) is 3.23. The fourth-order valence-corrected chi connectivity index (χ4v) is 2.83. The van der Waals surface area contributed by atoms with Crippen molar-refractivity contribution in [3.63, 3.8) is 0 Å². The van der Waals surface area contributed by atoms with E-state index in [1.807, 2.05) is 18.2 Å². The molecule has 2 heterocycles. The molecule has 0 atom stereocenters. The van der Waals surface area contributed by atoms with E-state index < -0.39 is 6.09 Å². The van der Waals surface area contributed by atoms with Crippen molar-refractivity contribution < 1.29 is 18.7 Å². The third kappa shape index (κ3) is 4.29. The van der Waals surface area contributed by atoms with Crippen LogP contribution in [0.1, 0.15) is 17.0 Å². The van der Waals surface area contributed by atoms with E-state index in [0.717, 1.165) is 5.33 Å². The monoisotopic (exact) mass is 418 g/mol. The number of alkyl halides is 1. The van der Waals surface area contributed by atoms with Crippen LogP contribution in [0.15, 0.2) is 59.0 Å². The van der Waals surface area contributed by atoms with Crippen molar-refractivity contribution in [1.29, 1.82) is 0 Å². The highest BCUT2D eigenvalue weighted by atomic mass is 79.9. The number of carboxylic acid groups (broad SMARTS) is 1. The molecule has 1 aliphatic heterocycles. The quantitative estimate of drug-likeness (QED) is 0.590. The predicted octanol–water partition coefficient (Wildman–Crippen LogP) is 5.06. The molecule has 0 saturated carbocycles. The third-order valence-electron chi connectivity index (χ3n) is 3.81. The van der Waals surface area contributed by atoms with Gasteiger partial charge in [-0.25, -0.2) is 14.2 Å². The van der Waals surface area contributed by atoms with Gasteiger partial charge in [0.15, 0.2) is 0 Å². The maximum Gasteiger partial charge on any atom is 0.408 e. The van der Waals surface area contributed by atoms with Crippen molar-refractivity contribution in [3.8, 4) is 11.5 Å². The Kier molecular flexibility index (Phi) is 5.68. The van der Waals surface area contributed by atoms with Crippen molar-refractivity contribution in [3.05, 3.63) is 77.4 Å². The highest BCUT2D eigenvalue weighted by molar-refractivity contribution is 9.08. The van der Waals surface area contributed by atoms with Crippen molar-refractivity contribution in [2.45, 2.75) is 18.4 Å². The van der Waals surface area contributed by atoms with Gasteiger partial charge >= 0.3 is 6.09 Å². The lowest BCUT2D eigenvalue weighted by molar-refractivity contribution is 0.142. The zero-order chi connectivity index (χ0) is 18.5. The SMILES string of the molecule is BrCc1ccccc1.O=C(O)N1Cc2nc(-c3ccc(F)cc3)oc2C1. The molecule has 7 heteroatoms. The summed E-state index contributed by atoms with van der Waals surface area (Å²) in [6.07, 6.45) is -0.994. The summed E-state index contributed by atoms with van der Waals surface area (Å²) in [4.78, 5) is 16.2. The first-order chi connectivity index (χ1) is 12.6. The molecule has 5 nitrogen and oxygen atoms in total. The molecule has 4 rings (SSSR count). The first kappa shape index (κ1) is 18.1. The maximum absolute atomic E-state index is 12.8. The fourth-order valence-electron chi connectivity index (χ4n) is 2.46. The molecule has 134 valence electrons. The molecule has 0 fully saturated rings. The summed E-state index contributed by atoms with van der Waals surface area (Å²) < 4.78 is 18.3. The second kappa shape index (κ2) is 8.14. The Balaban J connectivity index is 0.000000206. The van der Waals surface area contributed by atoms with Crippen LogP contribution in [0, 0.1) is 5.82 Å². The van der Waals surface area contributed by atoms with Crippen LogP contribution >= 0.6 is 15.9 Å². The largest absolute Gasteiger partial charge is 0.465 e. The van der Waals surface area contributed by atoms with E-state index in [-0.39, 0.29) is 18.9 Å². The summed E-state index contributed by atoms with van der Waals surface area (Å²) in [5, 5.41) is 9.79. The lowest BCUT2D eigenvalue weighted by Crippen LogP contribution is -2.23. The second-order valence-corrected chi connectivity index (χ2v) is 6.21. The number of amides is 1. The first-order valence-electron chi connectivity index (χ1n) is 7.89. The number of benzene rings is 2. The summed E-state index contributed by atoms with van der Waals surface area (Å²) >= 11 is 3.36. The van der Waals surface area contributed by atoms with Gasteiger partial charge in [0.05, 0.1) is 13.1 Å². The predicted molar refractivity (Wildman–Crippen MR) is 98.2 cm³/mol. The highest BCUT2D eigenvalue weighted by Crippen LogP contribution is 2.28. The van der Waals surface area contributed by atoms with Gasteiger partial charge in [0.2, 0.25) is 5.89 Å². The average molecular weight is 419 g/mol. The molecule has 0 spiro atoms. The van der Waals surface area contributed by atoms with Gasteiger partial charge < -0.3 is 9.52 Å². The van der Waals surface area contributed by atoms with Crippen LogP contribution < -0.4 is 0 Å². The number of hydrogen-bond acceptors (Lipinski definition) is 3. The molecule has 26 heavy (non-hydrogen) atoms. The van der Waals surface area contributed by atoms with Crippen molar-refractivity contribution in [1.82, 2.24) is 9.88 Å². The number of oxazole rings is 1. The van der Waals surface area contributed by atoms with E-state index in [0.29, 0.717) is 22.9 Å². The smallest absolute Gasteiger partial charge is 0.408 e. The molecule has 2 aromatic carbocycles. The number of fused-ring (bicyclic) bond motifs is 1. The molecule has 0 unspecified atom stereocenters. The Labute approximate surface area is 158 Å². The summed E-state index contributed by atoms with van der Waals surface area (Å²) in [7, 11) is 0. The minimum Gasteiger partial charge on any atom is -0.465 e. The summed E-state index contributed by atoms with van der Waals surface area (Å²) in [6.45, 7) is 0.439. The van der Waals surface area contributed by atoms with Crippen LogP contribution in [0.2, 0.25) is 0 Å². The number of halogens is 2. The van der Waals surface area contributed by atoms with Crippen LogP contribution in [0.5, 0.6) is 0 Å². The number of nitrogens with zero attached hydrogens (tertiary/aromatic N) is 2. The number of hydrogen-bond donors (Lipinski definition) is 1. The Morgan fingerprint density at radius 3 is 2.38 bits per heavy atom. The van der Waals surface area contributed by atoms with Gasteiger partial charge in [0.1, 0.15) is 17.3 Å². The van der Waals surface area contributed by atoms with Crippen molar-refractivity contribution >= 4 is 22.0 Å². The Bertz CT molecular complexity index is 858. The zero-order valence-electron chi connectivity index (χ0n) is 13.7. The topological polar surface area (TPSA) is 66.6 Å². The van der Waals surface area contributed by atoms with Gasteiger partial charge in [0, 0.05) is 10.9 Å². The van der Waals surface area contributed by atoms with Gasteiger partial charge in [-0.2, -0.15) is 0 Å². The zero-order valence-corrected chi connectivity index (χ0v) is 15.3. The summed E-state index contributed by atoms with van der Waals surface area (Å²) in [6, 6.07) is 16.1. The molecule has 0 bridgehead atoms. The lowest BCUT2D eigenvalue weighted by atomic mass is 10.2. The van der Waals surface area contributed by atoms with E-state index in [2.05, 4.69) is 33.0 Å². The highest BCUT2D eigenvalue weighted by Gasteiger charge is 2.28. The second-order valence-electron chi connectivity index (χ2n) is 5.65. The summed E-state index contributed by atoms with van der Waals surface area (Å²) in [5.41, 5.74) is 2.62. The Morgan fingerprint density at radius 2 is 1.85 bits per heavy atom. The van der Waals surface area contributed by atoms with Crippen molar-refractivity contribution in [2.75, 3.05) is 0 Å². The number of aromatic nitrogens is 1. The molecular weight excluding hydrogens is 403 g/mol. The molecule has 1 N–H and O–H groups in total. The molecular formula is C19H16BrFN2O3. The van der Waals surface area contributed by atoms with E-state index in [4.69, 9.17) is 9.52 Å². The van der Waals surface area contributed by atoms with E-state index in [1.165, 1.54) is 22.6 Å². The minimum absolute atomic E-state index is 0.207. The van der Waals surface area contributed by atoms with Gasteiger partial charge in [-0.3, -0.25) is 4.90 Å². The van der Waals surface area contributed by atoms with Crippen LogP contribution in [0.4, 0.5) is 9.18 Å². The van der Waals surface area contributed by atoms with Gasteiger partial charge in [-0.15, -0.1) is 0 Å². The molecule has 0 radical (unpaired) electrons. The van der Waals surface area contributed by atoms with E-state index in [1.54, 1.807) is 12.1 Å².